The standard InChI is InChI=1S/C22H22N6OS/c1-29-17-7-11-28(14-17)13-15-4-10-24-20(12-15)27-22-26-19-3-2-18(25-21(19)30-22)16-5-8-23-9-6-16/h2-6,8-10,12,17H,7,11,13-14H2,1H3,(H,24,26,27)/t17-/m0/s1. The first-order valence-corrected chi connectivity index (χ1v) is 10.7. The van der Waals surface area contributed by atoms with Crippen LogP contribution in [-0.2, 0) is 11.3 Å². The Hall–Kier alpha value is -2.94. The van der Waals surface area contributed by atoms with Crippen molar-refractivity contribution in [3.8, 4) is 11.3 Å². The molecular formula is C22H22N6OS. The number of thiazole rings is 1. The first-order chi connectivity index (χ1) is 14.8. The lowest BCUT2D eigenvalue weighted by atomic mass is 10.2. The number of likely N-dealkylation sites (tertiary alicyclic amines) is 1. The summed E-state index contributed by atoms with van der Waals surface area (Å²) in [6, 6.07) is 12.1. The molecule has 152 valence electrons. The van der Waals surface area contributed by atoms with Crippen LogP contribution >= 0.6 is 11.3 Å². The van der Waals surface area contributed by atoms with Crippen molar-refractivity contribution in [1.29, 1.82) is 0 Å². The molecule has 7 nitrogen and oxygen atoms in total. The number of hydrogen-bond donors (Lipinski definition) is 1. The van der Waals surface area contributed by atoms with E-state index < -0.39 is 0 Å². The molecule has 1 N–H and O–H groups in total. The van der Waals surface area contributed by atoms with E-state index >= 15 is 0 Å². The van der Waals surface area contributed by atoms with E-state index in [9.17, 15) is 0 Å². The third kappa shape index (κ3) is 4.16. The number of ether oxygens (including phenoxy) is 1. The van der Waals surface area contributed by atoms with Crippen molar-refractivity contribution < 1.29 is 4.74 Å². The molecule has 4 aromatic heterocycles. The summed E-state index contributed by atoms with van der Waals surface area (Å²) in [6.07, 6.45) is 6.83. The molecule has 0 aliphatic carbocycles. The van der Waals surface area contributed by atoms with Gasteiger partial charge in [-0.25, -0.2) is 15.0 Å². The predicted octanol–water partition coefficient (Wildman–Crippen LogP) is 4.11. The van der Waals surface area contributed by atoms with Gasteiger partial charge in [0.2, 0.25) is 0 Å². The SMILES string of the molecule is CO[C@H]1CCN(Cc2ccnc(Nc3nc4ccc(-c5ccncc5)nc4s3)c2)C1. The zero-order chi connectivity index (χ0) is 20.3. The highest BCUT2D eigenvalue weighted by Gasteiger charge is 2.21. The minimum Gasteiger partial charge on any atom is -0.380 e. The molecule has 8 heteroatoms. The van der Waals surface area contributed by atoms with Gasteiger partial charge in [-0.1, -0.05) is 11.3 Å². The Morgan fingerprint density at radius 1 is 1.13 bits per heavy atom. The van der Waals surface area contributed by atoms with Gasteiger partial charge >= 0.3 is 0 Å². The molecule has 0 saturated carbocycles. The maximum absolute atomic E-state index is 5.46. The molecule has 0 amide bonds. The monoisotopic (exact) mass is 418 g/mol. The molecule has 0 unspecified atom stereocenters. The molecule has 0 bridgehead atoms. The number of nitrogens with zero attached hydrogens (tertiary/aromatic N) is 5. The Bertz CT molecular complexity index is 1150. The van der Waals surface area contributed by atoms with Crippen LogP contribution in [-0.4, -0.2) is 51.1 Å². The second-order valence-electron chi connectivity index (χ2n) is 7.33. The summed E-state index contributed by atoms with van der Waals surface area (Å²) in [5.74, 6) is 0.795. The number of nitrogens with one attached hydrogen (secondary N) is 1. The number of aromatic nitrogens is 4. The third-order valence-electron chi connectivity index (χ3n) is 5.26. The van der Waals surface area contributed by atoms with E-state index in [1.807, 2.05) is 30.5 Å². The van der Waals surface area contributed by atoms with E-state index in [2.05, 4.69) is 37.3 Å². The van der Waals surface area contributed by atoms with Crippen LogP contribution in [0.25, 0.3) is 21.6 Å². The van der Waals surface area contributed by atoms with Gasteiger partial charge in [-0.2, -0.15) is 0 Å². The zero-order valence-electron chi connectivity index (χ0n) is 16.7. The lowest BCUT2D eigenvalue weighted by molar-refractivity contribution is 0.107. The van der Waals surface area contributed by atoms with Crippen molar-refractivity contribution in [3.63, 3.8) is 0 Å². The molecule has 5 heterocycles. The van der Waals surface area contributed by atoms with E-state index in [1.165, 1.54) is 16.9 Å². The first-order valence-electron chi connectivity index (χ1n) is 9.92. The molecule has 1 aliphatic heterocycles. The lowest BCUT2D eigenvalue weighted by Gasteiger charge is -2.16. The molecule has 5 rings (SSSR count). The molecule has 1 fully saturated rings. The third-order valence-corrected chi connectivity index (χ3v) is 6.14. The summed E-state index contributed by atoms with van der Waals surface area (Å²) in [6.45, 7) is 2.94. The summed E-state index contributed by atoms with van der Waals surface area (Å²) in [5.41, 5.74) is 4.06. The Morgan fingerprint density at radius 2 is 2.03 bits per heavy atom. The van der Waals surface area contributed by atoms with Gasteiger partial charge < -0.3 is 10.1 Å². The number of hydrogen-bond acceptors (Lipinski definition) is 8. The van der Waals surface area contributed by atoms with Crippen molar-refractivity contribution in [2.75, 3.05) is 25.5 Å². The van der Waals surface area contributed by atoms with Crippen LogP contribution < -0.4 is 5.32 Å². The molecular weight excluding hydrogens is 396 g/mol. The number of pyridine rings is 3. The maximum atomic E-state index is 5.46. The van der Waals surface area contributed by atoms with Gasteiger partial charge in [0, 0.05) is 50.9 Å². The molecule has 0 spiro atoms. The van der Waals surface area contributed by atoms with Gasteiger partial charge in [-0.3, -0.25) is 9.88 Å². The van der Waals surface area contributed by atoms with E-state index in [0.717, 1.165) is 58.6 Å². The summed E-state index contributed by atoms with van der Waals surface area (Å²) >= 11 is 1.53. The van der Waals surface area contributed by atoms with Crippen molar-refractivity contribution >= 4 is 32.6 Å². The average molecular weight is 419 g/mol. The van der Waals surface area contributed by atoms with Gasteiger partial charge in [-0.05, 0) is 48.4 Å². The van der Waals surface area contributed by atoms with Crippen LogP contribution in [0.1, 0.15) is 12.0 Å². The first kappa shape index (κ1) is 19.0. The smallest absolute Gasteiger partial charge is 0.190 e. The lowest BCUT2D eigenvalue weighted by Crippen LogP contribution is -2.22. The molecule has 1 atom stereocenters. The predicted molar refractivity (Wildman–Crippen MR) is 119 cm³/mol. The van der Waals surface area contributed by atoms with Crippen LogP contribution in [0.5, 0.6) is 0 Å². The largest absolute Gasteiger partial charge is 0.380 e. The zero-order valence-corrected chi connectivity index (χ0v) is 17.5. The fourth-order valence-corrected chi connectivity index (χ4v) is 4.54. The van der Waals surface area contributed by atoms with Gasteiger partial charge in [-0.15, -0.1) is 0 Å². The molecule has 0 radical (unpaired) electrons. The second-order valence-corrected chi connectivity index (χ2v) is 8.31. The molecule has 4 aromatic rings. The average Bonchev–Trinajstić information content (AvgIpc) is 3.40. The van der Waals surface area contributed by atoms with Crippen LogP contribution in [0.4, 0.5) is 10.9 Å². The summed E-state index contributed by atoms with van der Waals surface area (Å²) in [5, 5.41) is 4.13. The highest BCUT2D eigenvalue weighted by molar-refractivity contribution is 7.21. The van der Waals surface area contributed by atoms with Gasteiger partial charge in [0.1, 0.15) is 16.2 Å². The van der Waals surface area contributed by atoms with Crippen molar-refractivity contribution in [1.82, 2.24) is 24.8 Å². The summed E-state index contributed by atoms with van der Waals surface area (Å²) < 4.78 is 5.46. The number of rotatable bonds is 6. The number of fused-ring (bicyclic) bond motifs is 1. The van der Waals surface area contributed by atoms with Crippen molar-refractivity contribution in [2.24, 2.45) is 0 Å². The fraction of sp³-hybridized carbons (Fsp3) is 0.273. The van der Waals surface area contributed by atoms with E-state index in [0.29, 0.717) is 6.10 Å². The fourth-order valence-electron chi connectivity index (χ4n) is 3.70. The van der Waals surface area contributed by atoms with E-state index in [1.54, 1.807) is 19.5 Å². The van der Waals surface area contributed by atoms with Gasteiger partial charge in [0.25, 0.3) is 0 Å². The minimum atomic E-state index is 0.344. The number of anilines is 2. The molecule has 1 aliphatic rings. The Labute approximate surface area is 178 Å². The normalized spacial score (nSPS) is 16.9. The van der Waals surface area contributed by atoms with Crippen LogP contribution in [0.15, 0.2) is 55.0 Å². The Morgan fingerprint density at radius 3 is 2.87 bits per heavy atom. The second kappa shape index (κ2) is 8.43. The van der Waals surface area contributed by atoms with Crippen LogP contribution in [0, 0.1) is 0 Å². The van der Waals surface area contributed by atoms with Crippen LogP contribution in [0.2, 0.25) is 0 Å². The van der Waals surface area contributed by atoms with Crippen molar-refractivity contribution in [3.05, 3.63) is 60.6 Å². The highest BCUT2D eigenvalue weighted by Crippen LogP contribution is 2.29. The minimum absolute atomic E-state index is 0.344. The van der Waals surface area contributed by atoms with Gasteiger partial charge in [0.15, 0.2) is 5.13 Å². The quantitative estimate of drug-likeness (QED) is 0.505. The number of methoxy groups -OCH3 is 1. The van der Waals surface area contributed by atoms with E-state index in [-0.39, 0.29) is 0 Å². The molecule has 0 aromatic carbocycles. The summed E-state index contributed by atoms with van der Waals surface area (Å²) in [4.78, 5) is 21.3. The molecule has 1 saturated heterocycles. The topological polar surface area (TPSA) is 76.1 Å². The van der Waals surface area contributed by atoms with E-state index in [4.69, 9.17) is 9.72 Å². The van der Waals surface area contributed by atoms with Crippen LogP contribution in [0.3, 0.4) is 0 Å². The van der Waals surface area contributed by atoms with Gasteiger partial charge in [0.05, 0.1) is 11.8 Å². The highest BCUT2D eigenvalue weighted by atomic mass is 32.1. The maximum Gasteiger partial charge on any atom is 0.190 e. The summed E-state index contributed by atoms with van der Waals surface area (Å²) in [7, 11) is 1.79. The Balaban J connectivity index is 1.32. The molecule has 30 heavy (non-hydrogen) atoms. The van der Waals surface area contributed by atoms with Crippen molar-refractivity contribution in [2.45, 2.75) is 19.1 Å². The Kier molecular flexibility index (Phi) is 5.35.